The average molecular weight is 900 g/mol. The van der Waals surface area contributed by atoms with Gasteiger partial charge in [0.2, 0.25) is 0 Å². The second-order valence-corrected chi connectivity index (χ2v) is 16.5. The molecule has 6 heterocycles. The molecule has 0 N–H and O–H groups in total. The number of benzene rings is 7. The molecule has 327 valence electrons. The van der Waals surface area contributed by atoms with E-state index in [0.717, 1.165) is 118 Å². The van der Waals surface area contributed by atoms with Crippen LogP contribution in [0.15, 0.2) is 219 Å². The van der Waals surface area contributed by atoms with Gasteiger partial charge in [0.25, 0.3) is 0 Å². The maximum atomic E-state index is 5.40. The van der Waals surface area contributed by atoms with Gasteiger partial charge in [-0.1, -0.05) is 72.8 Å². The number of hydrogen-bond donors (Lipinski definition) is 0. The molecule has 0 atom stereocenters. The zero-order valence-electron chi connectivity index (χ0n) is 37.2. The van der Waals surface area contributed by atoms with Crippen molar-refractivity contribution in [1.82, 2.24) is 59.2 Å². The second kappa shape index (κ2) is 17.5. The van der Waals surface area contributed by atoms with Crippen LogP contribution in [0.25, 0.3) is 118 Å². The third-order valence-electron chi connectivity index (χ3n) is 12.4. The Morgan fingerprint density at radius 3 is 0.829 bits per heavy atom. The van der Waals surface area contributed by atoms with Crippen LogP contribution in [0, 0.1) is 0 Å². The van der Waals surface area contributed by atoms with Crippen molar-refractivity contribution in [2.24, 2.45) is 0 Å². The van der Waals surface area contributed by atoms with Gasteiger partial charge in [-0.2, -0.15) is 30.6 Å². The largest absolute Gasteiger partial charge is 0.292 e. The quantitative estimate of drug-likeness (QED) is 0.130. The van der Waals surface area contributed by atoms with Gasteiger partial charge in [0.05, 0.1) is 50.2 Å². The predicted molar refractivity (Wildman–Crippen MR) is 275 cm³/mol. The van der Waals surface area contributed by atoms with Crippen LogP contribution < -0.4 is 0 Å². The van der Waals surface area contributed by atoms with Crippen LogP contribution in [0.1, 0.15) is 0 Å². The van der Waals surface area contributed by atoms with E-state index in [4.69, 9.17) is 15.0 Å². The van der Waals surface area contributed by atoms with Gasteiger partial charge in [0.1, 0.15) is 17.5 Å². The highest BCUT2D eigenvalue weighted by molar-refractivity contribution is 5.90. The summed E-state index contributed by atoms with van der Waals surface area (Å²) in [5, 5.41) is 25.4. The smallest absolute Gasteiger partial charge is 0.145 e. The summed E-state index contributed by atoms with van der Waals surface area (Å²) in [6, 6.07) is 68.1. The highest BCUT2D eigenvalue weighted by Crippen LogP contribution is 2.39. The Morgan fingerprint density at radius 2 is 0.557 bits per heavy atom. The van der Waals surface area contributed by atoms with Gasteiger partial charge < -0.3 is 0 Å². The first kappa shape index (κ1) is 41.7. The van der Waals surface area contributed by atoms with Crippen molar-refractivity contribution in [3.63, 3.8) is 0 Å². The van der Waals surface area contributed by atoms with Crippen LogP contribution in [0.3, 0.4) is 0 Å². The standard InChI is InChI=1S/C57H36N12.B/c1-4-16-52-49(10-1)61-55(67(52)43-25-19-37(20-26-43)46-13-7-31-58-64-46)40-34-41(56-62-50-11-2-5-17-53(50)68(56)44-27-21-38(22-28-44)47-14-8-32-59-65-47)36-42(35-40)57-63-51-12-3-6-18-54(51)69(57)45-29-23-39(24-30-45)48-15-9-33-60-66-48;/h1-36H;. The minimum atomic E-state index is 0. The highest BCUT2D eigenvalue weighted by Gasteiger charge is 2.23. The molecule has 70 heavy (non-hydrogen) atoms. The molecule has 0 saturated heterocycles. The molecule has 0 saturated carbocycles. The van der Waals surface area contributed by atoms with Gasteiger partial charge in [0.15, 0.2) is 0 Å². The Hall–Kier alpha value is -9.75. The molecule has 12 nitrogen and oxygen atoms in total. The summed E-state index contributed by atoms with van der Waals surface area (Å²) in [4.78, 5) is 16.2. The second-order valence-electron chi connectivity index (χ2n) is 16.5. The highest BCUT2D eigenvalue weighted by atomic mass is 15.1. The normalized spacial score (nSPS) is 11.3. The van der Waals surface area contributed by atoms with E-state index in [1.165, 1.54) is 0 Å². The number of para-hydroxylation sites is 6. The van der Waals surface area contributed by atoms with Crippen LogP contribution >= 0.6 is 0 Å². The van der Waals surface area contributed by atoms with Gasteiger partial charge in [0, 0.05) is 77.4 Å². The number of nitrogens with zero attached hydrogens (tertiary/aromatic N) is 12. The van der Waals surface area contributed by atoms with Crippen molar-refractivity contribution in [2.45, 2.75) is 0 Å². The summed E-state index contributed by atoms with van der Waals surface area (Å²) in [6.07, 6.45) is 5.05. The summed E-state index contributed by atoms with van der Waals surface area (Å²) in [6.45, 7) is 0. The van der Waals surface area contributed by atoms with Crippen molar-refractivity contribution < 1.29 is 0 Å². The lowest BCUT2D eigenvalue weighted by Crippen LogP contribution is -2.02. The van der Waals surface area contributed by atoms with Crippen molar-refractivity contribution in [1.29, 1.82) is 0 Å². The van der Waals surface area contributed by atoms with Crippen LogP contribution in [0.4, 0.5) is 0 Å². The zero-order chi connectivity index (χ0) is 45.7. The van der Waals surface area contributed by atoms with Crippen LogP contribution in [-0.4, -0.2) is 67.7 Å². The molecule has 13 aromatic rings. The van der Waals surface area contributed by atoms with Crippen molar-refractivity contribution in [2.75, 3.05) is 0 Å². The summed E-state index contributed by atoms with van der Waals surface area (Å²) >= 11 is 0. The van der Waals surface area contributed by atoms with Gasteiger partial charge in [-0.3, -0.25) is 13.7 Å². The summed E-state index contributed by atoms with van der Waals surface area (Å²) in [7, 11) is 0. The van der Waals surface area contributed by atoms with Crippen molar-refractivity contribution in [3.05, 3.63) is 219 Å². The van der Waals surface area contributed by atoms with E-state index in [1.807, 2.05) is 54.6 Å². The van der Waals surface area contributed by atoms with Crippen LogP contribution in [0.5, 0.6) is 0 Å². The fourth-order valence-electron chi connectivity index (χ4n) is 9.17. The van der Waals surface area contributed by atoms with Gasteiger partial charge >= 0.3 is 0 Å². The van der Waals surface area contributed by atoms with E-state index in [1.54, 1.807) is 18.6 Å². The lowest BCUT2D eigenvalue weighted by molar-refractivity contribution is 1.04. The first-order valence-corrected chi connectivity index (χ1v) is 22.4. The van der Waals surface area contributed by atoms with E-state index in [2.05, 4.69) is 190 Å². The SMILES string of the molecule is [B].c1cnnc(-c2ccc(-n3c(-c4cc(-c5nc6ccccc6n5-c5ccc(-c6cccnn6)cc5)cc(-c5nc6ccccc6n5-c5ccc(-c6cccnn6)cc5)c4)nc4ccccc43)cc2)c1. The number of imidazole rings is 3. The fraction of sp³-hybridized carbons (Fsp3) is 0. The topological polar surface area (TPSA) is 131 Å². The molecule has 0 fully saturated rings. The molecule has 0 aliphatic rings. The molecule has 13 rings (SSSR count). The molecule has 0 unspecified atom stereocenters. The van der Waals surface area contributed by atoms with Crippen LogP contribution in [-0.2, 0) is 0 Å². The molecule has 3 radical (unpaired) electrons. The monoisotopic (exact) mass is 899 g/mol. The maximum absolute atomic E-state index is 5.40. The molecule has 13 heteroatoms. The van der Waals surface area contributed by atoms with E-state index < -0.39 is 0 Å². The Kier molecular flexibility index (Phi) is 10.4. The fourth-order valence-corrected chi connectivity index (χ4v) is 9.17. The van der Waals surface area contributed by atoms with E-state index in [-0.39, 0.29) is 8.41 Å². The van der Waals surface area contributed by atoms with Crippen molar-refractivity contribution >= 4 is 41.5 Å². The molecule has 0 spiro atoms. The first-order chi connectivity index (χ1) is 34.2. The molecular formula is C57H36BN12. The number of rotatable bonds is 9. The summed E-state index contributed by atoms with van der Waals surface area (Å²) in [5.74, 6) is 2.29. The molecular weight excluding hydrogens is 864 g/mol. The lowest BCUT2D eigenvalue weighted by atomic mass is 10.0. The maximum Gasteiger partial charge on any atom is 0.145 e. The minimum Gasteiger partial charge on any atom is -0.292 e. The van der Waals surface area contributed by atoms with E-state index in [0.29, 0.717) is 0 Å². The molecule has 7 aromatic carbocycles. The number of hydrogen-bond acceptors (Lipinski definition) is 9. The average Bonchev–Trinajstić information content (AvgIpc) is 4.14. The lowest BCUT2D eigenvalue weighted by Gasteiger charge is -2.16. The molecule has 0 amide bonds. The molecule has 6 aromatic heterocycles. The number of fused-ring (bicyclic) bond motifs is 3. The first-order valence-electron chi connectivity index (χ1n) is 22.4. The van der Waals surface area contributed by atoms with Crippen LogP contribution in [0.2, 0.25) is 0 Å². The Labute approximate surface area is 402 Å². The van der Waals surface area contributed by atoms with Gasteiger partial charge in [-0.25, -0.2) is 15.0 Å². The molecule has 0 aliphatic carbocycles. The van der Waals surface area contributed by atoms with Gasteiger partial charge in [-0.05, 0) is 127 Å². The Balaban J connectivity index is 0.00000505. The van der Waals surface area contributed by atoms with E-state index >= 15 is 0 Å². The number of aromatic nitrogens is 12. The Bertz CT molecular complexity index is 3560. The minimum absolute atomic E-state index is 0. The van der Waals surface area contributed by atoms with Gasteiger partial charge in [-0.15, -0.1) is 0 Å². The predicted octanol–water partition coefficient (Wildman–Crippen LogP) is 11.7. The zero-order valence-corrected chi connectivity index (χ0v) is 37.2. The van der Waals surface area contributed by atoms with E-state index in [9.17, 15) is 0 Å². The molecule has 0 bridgehead atoms. The third-order valence-corrected chi connectivity index (χ3v) is 12.4. The molecule has 0 aliphatic heterocycles. The summed E-state index contributed by atoms with van der Waals surface area (Å²) in [5.41, 5.74) is 16.3. The summed E-state index contributed by atoms with van der Waals surface area (Å²) < 4.78 is 6.67. The Morgan fingerprint density at radius 1 is 0.271 bits per heavy atom. The third kappa shape index (κ3) is 7.34. The van der Waals surface area contributed by atoms with Crippen molar-refractivity contribution in [3.8, 4) is 85.0 Å².